The summed E-state index contributed by atoms with van der Waals surface area (Å²) < 4.78 is 0. The van der Waals surface area contributed by atoms with E-state index in [2.05, 4.69) is 22.0 Å². The fourth-order valence-electron chi connectivity index (χ4n) is 3.26. The maximum absolute atomic E-state index is 12.6. The van der Waals surface area contributed by atoms with Crippen molar-refractivity contribution in [1.82, 2.24) is 14.9 Å². The third-order valence-corrected chi connectivity index (χ3v) is 5.99. The smallest absolute Gasteiger partial charge is 0.256 e. The van der Waals surface area contributed by atoms with E-state index >= 15 is 0 Å². The van der Waals surface area contributed by atoms with Crippen LogP contribution in [0.25, 0.3) is 0 Å². The summed E-state index contributed by atoms with van der Waals surface area (Å²) in [7, 11) is 0. The minimum absolute atomic E-state index is 0.0283. The van der Waals surface area contributed by atoms with Crippen LogP contribution in [0.5, 0.6) is 0 Å². The first-order valence-corrected chi connectivity index (χ1v) is 10.3. The summed E-state index contributed by atoms with van der Waals surface area (Å²) in [5, 5.41) is 1.40. The molecule has 1 N–H and O–H groups in total. The van der Waals surface area contributed by atoms with Gasteiger partial charge in [0.05, 0.1) is 11.3 Å². The van der Waals surface area contributed by atoms with Crippen LogP contribution in [0.1, 0.15) is 22.4 Å². The molecule has 2 aromatic carbocycles. The van der Waals surface area contributed by atoms with Crippen LogP contribution in [0.2, 0.25) is 5.02 Å². The third kappa shape index (κ3) is 4.43. The van der Waals surface area contributed by atoms with Crippen LogP contribution >= 0.6 is 23.4 Å². The second-order valence-electron chi connectivity index (χ2n) is 6.62. The van der Waals surface area contributed by atoms with E-state index in [0.717, 1.165) is 41.4 Å². The topological polar surface area (TPSA) is 49.0 Å². The average Bonchev–Trinajstić information content (AvgIpc) is 2.69. The molecular formula is C21H20ClN3OS. The predicted octanol–water partition coefficient (Wildman–Crippen LogP) is 4.27. The Labute approximate surface area is 167 Å². The largest absolute Gasteiger partial charge is 0.301 e. The van der Waals surface area contributed by atoms with E-state index in [9.17, 15) is 4.79 Å². The molecule has 138 valence electrons. The van der Waals surface area contributed by atoms with E-state index in [4.69, 9.17) is 16.6 Å². The van der Waals surface area contributed by atoms with Gasteiger partial charge in [0.1, 0.15) is 0 Å². The molecule has 0 bridgehead atoms. The molecular weight excluding hydrogens is 378 g/mol. The summed E-state index contributed by atoms with van der Waals surface area (Å²) in [6.07, 6.45) is 0.797. The van der Waals surface area contributed by atoms with Gasteiger partial charge in [-0.25, -0.2) is 4.98 Å². The molecule has 4 nitrogen and oxygen atoms in total. The first-order chi connectivity index (χ1) is 13.2. The SMILES string of the molecule is O=c1[nH]c(SCc2ccccc2Cl)nc2c1CN(Cc1ccccc1)CC2. The molecule has 4 rings (SSSR count). The van der Waals surface area contributed by atoms with Crippen LogP contribution < -0.4 is 5.56 Å². The monoisotopic (exact) mass is 397 g/mol. The maximum atomic E-state index is 12.6. The van der Waals surface area contributed by atoms with Gasteiger partial charge < -0.3 is 4.98 Å². The molecule has 6 heteroatoms. The predicted molar refractivity (Wildman–Crippen MR) is 110 cm³/mol. The number of thioether (sulfide) groups is 1. The van der Waals surface area contributed by atoms with E-state index in [1.54, 1.807) is 0 Å². The molecule has 0 aliphatic carbocycles. The molecule has 0 saturated heterocycles. The fraction of sp³-hybridized carbons (Fsp3) is 0.238. The quantitative estimate of drug-likeness (QED) is 0.515. The zero-order valence-electron chi connectivity index (χ0n) is 14.8. The highest BCUT2D eigenvalue weighted by atomic mass is 35.5. The van der Waals surface area contributed by atoms with Crippen molar-refractivity contribution in [2.75, 3.05) is 6.54 Å². The lowest BCUT2D eigenvalue weighted by atomic mass is 10.1. The molecule has 0 radical (unpaired) electrons. The molecule has 1 aliphatic rings. The molecule has 1 aromatic heterocycles. The lowest BCUT2D eigenvalue weighted by Gasteiger charge is -2.27. The van der Waals surface area contributed by atoms with Gasteiger partial charge in [-0.1, -0.05) is 71.9 Å². The van der Waals surface area contributed by atoms with Crippen LogP contribution in [-0.2, 0) is 25.3 Å². The number of hydrogen-bond donors (Lipinski definition) is 1. The molecule has 0 spiro atoms. The summed E-state index contributed by atoms with van der Waals surface area (Å²) in [6, 6.07) is 18.1. The Kier molecular flexibility index (Phi) is 5.62. The highest BCUT2D eigenvalue weighted by Crippen LogP contribution is 2.25. The van der Waals surface area contributed by atoms with Gasteiger partial charge in [-0.15, -0.1) is 0 Å². The number of hydrogen-bond acceptors (Lipinski definition) is 4. The highest BCUT2D eigenvalue weighted by Gasteiger charge is 2.21. The van der Waals surface area contributed by atoms with Crippen LogP contribution in [0.3, 0.4) is 0 Å². The van der Waals surface area contributed by atoms with E-state index in [1.807, 2.05) is 42.5 Å². The molecule has 0 saturated carbocycles. The number of aromatic amines is 1. The number of benzene rings is 2. The molecule has 0 amide bonds. The van der Waals surface area contributed by atoms with Crippen molar-refractivity contribution < 1.29 is 0 Å². The van der Waals surface area contributed by atoms with Gasteiger partial charge in [0, 0.05) is 36.8 Å². The summed E-state index contributed by atoms with van der Waals surface area (Å²) in [4.78, 5) is 22.5. The fourth-order valence-corrected chi connectivity index (χ4v) is 4.43. The maximum Gasteiger partial charge on any atom is 0.256 e. The zero-order valence-corrected chi connectivity index (χ0v) is 16.4. The Morgan fingerprint density at radius 3 is 2.70 bits per heavy atom. The number of fused-ring (bicyclic) bond motifs is 1. The van der Waals surface area contributed by atoms with Crippen LogP contribution in [0.15, 0.2) is 64.5 Å². The molecule has 2 heterocycles. The molecule has 27 heavy (non-hydrogen) atoms. The average molecular weight is 398 g/mol. The summed E-state index contributed by atoms with van der Waals surface area (Å²) in [5.74, 6) is 0.682. The molecule has 0 unspecified atom stereocenters. The zero-order chi connectivity index (χ0) is 18.6. The van der Waals surface area contributed by atoms with Crippen LogP contribution in [0.4, 0.5) is 0 Å². The van der Waals surface area contributed by atoms with Crippen molar-refractivity contribution in [2.45, 2.75) is 30.4 Å². The molecule has 0 fully saturated rings. The Balaban J connectivity index is 1.46. The van der Waals surface area contributed by atoms with Crippen molar-refractivity contribution in [1.29, 1.82) is 0 Å². The minimum Gasteiger partial charge on any atom is -0.301 e. The van der Waals surface area contributed by atoms with E-state index in [0.29, 0.717) is 17.5 Å². The number of H-pyrrole nitrogens is 1. The van der Waals surface area contributed by atoms with E-state index < -0.39 is 0 Å². The highest BCUT2D eigenvalue weighted by molar-refractivity contribution is 7.98. The van der Waals surface area contributed by atoms with Crippen molar-refractivity contribution in [3.05, 3.63) is 92.4 Å². The van der Waals surface area contributed by atoms with Crippen molar-refractivity contribution >= 4 is 23.4 Å². The lowest BCUT2D eigenvalue weighted by Crippen LogP contribution is -2.35. The van der Waals surface area contributed by atoms with Gasteiger partial charge in [0.15, 0.2) is 5.16 Å². The number of nitrogens with zero attached hydrogens (tertiary/aromatic N) is 2. The number of halogens is 1. The first kappa shape index (κ1) is 18.3. The third-order valence-electron chi connectivity index (χ3n) is 4.70. The Hall–Kier alpha value is -2.08. The van der Waals surface area contributed by atoms with E-state index in [1.165, 1.54) is 17.3 Å². The van der Waals surface area contributed by atoms with E-state index in [-0.39, 0.29) is 5.56 Å². The molecule has 1 aliphatic heterocycles. The standard InChI is InChI=1S/C21H20ClN3OS/c22-18-9-5-4-8-16(18)14-27-21-23-19-10-11-25(13-17(19)20(26)24-21)12-15-6-2-1-3-7-15/h1-9H,10-14H2,(H,23,24,26). The number of aromatic nitrogens is 2. The van der Waals surface area contributed by atoms with Gasteiger partial charge >= 0.3 is 0 Å². The molecule has 3 aromatic rings. The summed E-state index contributed by atoms with van der Waals surface area (Å²) >= 11 is 7.72. The molecule has 0 atom stereocenters. The van der Waals surface area contributed by atoms with Gasteiger partial charge in [-0.3, -0.25) is 9.69 Å². The van der Waals surface area contributed by atoms with Crippen LogP contribution in [-0.4, -0.2) is 21.4 Å². The normalized spacial score (nSPS) is 14.1. The lowest BCUT2D eigenvalue weighted by molar-refractivity contribution is 0.241. The number of rotatable bonds is 5. The van der Waals surface area contributed by atoms with Crippen molar-refractivity contribution in [3.63, 3.8) is 0 Å². The Morgan fingerprint density at radius 1 is 1.11 bits per heavy atom. The van der Waals surface area contributed by atoms with Crippen molar-refractivity contribution in [2.24, 2.45) is 0 Å². The minimum atomic E-state index is -0.0283. The van der Waals surface area contributed by atoms with Gasteiger partial charge in [0.25, 0.3) is 5.56 Å². The second-order valence-corrected chi connectivity index (χ2v) is 7.99. The first-order valence-electron chi connectivity index (χ1n) is 8.93. The summed E-state index contributed by atoms with van der Waals surface area (Å²) in [5.41, 5.74) is 3.99. The Bertz CT molecular complexity index is 990. The summed E-state index contributed by atoms with van der Waals surface area (Å²) in [6.45, 7) is 2.40. The van der Waals surface area contributed by atoms with Gasteiger partial charge in [0.2, 0.25) is 0 Å². The van der Waals surface area contributed by atoms with Crippen LogP contribution in [0, 0.1) is 0 Å². The Morgan fingerprint density at radius 2 is 1.89 bits per heavy atom. The van der Waals surface area contributed by atoms with Gasteiger partial charge in [-0.05, 0) is 17.2 Å². The number of nitrogens with one attached hydrogen (secondary N) is 1. The van der Waals surface area contributed by atoms with Crippen molar-refractivity contribution in [3.8, 4) is 0 Å². The van der Waals surface area contributed by atoms with Gasteiger partial charge in [-0.2, -0.15) is 0 Å². The second kappa shape index (κ2) is 8.30.